The molecule has 2 aliphatic rings. The molecular weight excluding hydrogens is 428 g/mol. The molecule has 0 radical (unpaired) electrons. The Balaban J connectivity index is 1.48. The molecule has 7 nitrogen and oxygen atoms in total. The number of anilines is 1. The molecule has 2 aromatic carbocycles. The molecule has 7 heteroatoms. The second-order valence-corrected chi connectivity index (χ2v) is 9.83. The molecule has 2 saturated heterocycles. The first-order valence-electron chi connectivity index (χ1n) is 12.0. The molecule has 1 atom stereocenters. The van der Waals surface area contributed by atoms with Crippen molar-refractivity contribution in [2.45, 2.75) is 45.2 Å². The summed E-state index contributed by atoms with van der Waals surface area (Å²) in [5, 5.41) is 2.95. The lowest BCUT2D eigenvalue weighted by Gasteiger charge is -2.44. The highest BCUT2D eigenvalue weighted by molar-refractivity contribution is 5.98. The van der Waals surface area contributed by atoms with Crippen LogP contribution in [0.5, 0.6) is 0 Å². The number of benzene rings is 2. The molecule has 0 bridgehead atoms. The Morgan fingerprint density at radius 2 is 1.68 bits per heavy atom. The summed E-state index contributed by atoms with van der Waals surface area (Å²) in [5.41, 5.74) is 1.93. The van der Waals surface area contributed by atoms with Gasteiger partial charge >= 0.3 is 0 Å². The van der Waals surface area contributed by atoms with E-state index in [-0.39, 0.29) is 23.6 Å². The van der Waals surface area contributed by atoms with Crippen LogP contribution >= 0.6 is 0 Å². The number of hydrogen-bond acceptors (Lipinski definition) is 4. The number of para-hydroxylation sites is 1. The van der Waals surface area contributed by atoms with E-state index in [9.17, 15) is 14.4 Å². The summed E-state index contributed by atoms with van der Waals surface area (Å²) in [5.74, 6) is -0.281. The lowest BCUT2D eigenvalue weighted by molar-refractivity contribution is -0.139. The van der Waals surface area contributed by atoms with Crippen LogP contribution in [0.2, 0.25) is 0 Å². The summed E-state index contributed by atoms with van der Waals surface area (Å²) in [6.45, 7) is 7.31. The summed E-state index contributed by atoms with van der Waals surface area (Å²) in [6.07, 6.45) is 1.13. The summed E-state index contributed by atoms with van der Waals surface area (Å²) < 4.78 is 0. The van der Waals surface area contributed by atoms with Crippen LogP contribution in [0.4, 0.5) is 5.69 Å². The van der Waals surface area contributed by atoms with Crippen molar-refractivity contribution in [3.05, 3.63) is 65.7 Å². The number of hydrogen-bond donors (Lipinski definition) is 1. The lowest BCUT2D eigenvalue weighted by atomic mass is 9.85. The average Bonchev–Trinajstić information content (AvgIpc) is 3.07. The first-order valence-corrected chi connectivity index (χ1v) is 12.0. The number of aryl methyl sites for hydroxylation is 1. The monoisotopic (exact) mass is 462 g/mol. The minimum Gasteiger partial charge on any atom is -0.341 e. The third kappa shape index (κ3) is 4.39. The van der Waals surface area contributed by atoms with Crippen molar-refractivity contribution in [1.29, 1.82) is 0 Å². The number of amides is 3. The van der Waals surface area contributed by atoms with Crippen LogP contribution in [0, 0.1) is 12.8 Å². The van der Waals surface area contributed by atoms with E-state index in [0.717, 1.165) is 11.3 Å². The first kappa shape index (κ1) is 23.8. The highest BCUT2D eigenvalue weighted by Crippen LogP contribution is 2.39. The predicted octanol–water partition coefficient (Wildman–Crippen LogP) is 3.05. The van der Waals surface area contributed by atoms with Crippen LogP contribution in [-0.2, 0) is 9.59 Å². The Bertz CT molecular complexity index is 1060. The van der Waals surface area contributed by atoms with Gasteiger partial charge in [0.05, 0.1) is 6.67 Å². The lowest BCUT2D eigenvalue weighted by Crippen LogP contribution is -2.60. The Labute approximate surface area is 201 Å². The van der Waals surface area contributed by atoms with E-state index in [1.54, 1.807) is 15.9 Å². The molecule has 0 aliphatic carbocycles. The average molecular weight is 463 g/mol. The maximum absolute atomic E-state index is 13.5. The smallest absolute Gasteiger partial charge is 0.251 e. The Hall–Kier alpha value is -3.35. The normalized spacial score (nSPS) is 18.5. The number of likely N-dealkylation sites (tertiary alicyclic amines) is 1. The van der Waals surface area contributed by atoms with Gasteiger partial charge in [-0.2, -0.15) is 0 Å². The molecule has 0 saturated carbocycles. The summed E-state index contributed by atoms with van der Waals surface area (Å²) >= 11 is 0. The number of likely N-dealkylation sites (N-methyl/N-ethyl adjacent to an activating group) is 1. The van der Waals surface area contributed by atoms with Crippen molar-refractivity contribution in [2.75, 3.05) is 31.7 Å². The van der Waals surface area contributed by atoms with Gasteiger partial charge < -0.3 is 20.0 Å². The number of rotatable bonds is 5. The topological polar surface area (TPSA) is 73.0 Å². The van der Waals surface area contributed by atoms with Crippen molar-refractivity contribution in [2.24, 2.45) is 5.92 Å². The fourth-order valence-electron chi connectivity index (χ4n) is 5.12. The standard InChI is InChI=1S/C27H34N4O3/c1-19(2)23(28-24(32)21-10-8-9-20(3)17-21)25(33)30-15-13-27(14-16-30)26(34)29(4)18-31(27)22-11-6-5-7-12-22/h5-12,17,19,23H,13-16,18H2,1-4H3,(H,28,32)/t23-/m1/s1. The molecule has 0 unspecified atom stereocenters. The minimum absolute atomic E-state index is 0.0581. The van der Waals surface area contributed by atoms with E-state index in [0.29, 0.717) is 38.2 Å². The van der Waals surface area contributed by atoms with Gasteiger partial charge in [-0.05, 0) is 49.9 Å². The maximum Gasteiger partial charge on any atom is 0.251 e. The van der Waals surface area contributed by atoms with E-state index in [1.165, 1.54) is 0 Å². The molecule has 1 N–H and O–H groups in total. The minimum atomic E-state index is -0.634. The number of nitrogens with zero attached hydrogens (tertiary/aromatic N) is 3. The van der Waals surface area contributed by atoms with E-state index in [1.807, 2.05) is 76.3 Å². The van der Waals surface area contributed by atoms with Gasteiger partial charge in [0, 0.05) is 31.4 Å². The molecule has 2 aromatic rings. The van der Waals surface area contributed by atoms with Crippen molar-refractivity contribution < 1.29 is 14.4 Å². The maximum atomic E-state index is 13.5. The van der Waals surface area contributed by atoms with Crippen LogP contribution in [0.3, 0.4) is 0 Å². The molecule has 0 aromatic heterocycles. The Morgan fingerprint density at radius 3 is 2.29 bits per heavy atom. The highest BCUT2D eigenvalue weighted by atomic mass is 16.2. The molecule has 1 spiro atoms. The van der Waals surface area contributed by atoms with Crippen molar-refractivity contribution >= 4 is 23.4 Å². The van der Waals surface area contributed by atoms with Crippen molar-refractivity contribution in [1.82, 2.24) is 15.1 Å². The van der Waals surface area contributed by atoms with E-state index in [4.69, 9.17) is 0 Å². The number of piperidine rings is 1. The molecule has 2 aliphatic heterocycles. The van der Waals surface area contributed by atoms with Gasteiger partial charge in [-0.15, -0.1) is 0 Å². The zero-order valence-electron chi connectivity index (χ0n) is 20.5. The SMILES string of the molecule is Cc1cccc(C(=O)N[C@@H](C(=O)N2CCC3(CC2)C(=O)N(C)CN3c2ccccc2)C(C)C)c1. The third-order valence-electron chi connectivity index (χ3n) is 7.08. The second-order valence-electron chi connectivity index (χ2n) is 9.83. The van der Waals surface area contributed by atoms with Gasteiger partial charge in [0.25, 0.3) is 5.91 Å². The van der Waals surface area contributed by atoms with Gasteiger partial charge in [0.15, 0.2) is 0 Å². The predicted molar refractivity (Wildman–Crippen MR) is 132 cm³/mol. The quantitative estimate of drug-likeness (QED) is 0.741. The van der Waals surface area contributed by atoms with Gasteiger partial charge in [-0.1, -0.05) is 49.7 Å². The Kier molecular flexibility index (Phi) is 6.64. The largest absolute Gasteiger partial charge is 0.341 e. The van der Waals surface area contributed by atoms with Crippen LogP contribution in [-0.4, -0.2) is 65.9 Å². The molecular formula is C27H34N4O3. The van der Waals surface area contributed by atoms with Gasteiger partial charge in [0.2, 0.25) is 11.8 Å². The van der Waals surface area contributed by atoms with Crippen molar-refractivity contribution in [3.8, 4) is 0 Å². The van der Waals surface area contributed by atoms with Crippen LogP contribution < -0.4 is 10.2 Å². The van der Waals surface area contributed by atoms with E-state index in [2.05, 4.69) is 10.2 Å². The molecule has 3 amide bonds. The molecule has 34 heavy (non-hydrogen) atoms. The van der Waals surface area contributed by atoms with Crippen LogP contribution in [0.25, 0.3) is 0 Å². The van der Waals surface area contributed by atoms with E-state index >= 15 is 0 Å². The first-order chi connectivity index (χ1) is 16.2. The molecule has 180 valence electrons. The van der Waals surface area contributed by atoms with Crippen LogP contribution in [0.1, 0.15) is 42.6 Å². The van der Waals surface area contributed by atoms with Crippen molar-refractivity contribution in [3.63, 3.8) is 0 Å². The summed E-state index contributed by atoms with van der Waals surface area (Å²) in [6, 6.07) is 16.7. The number of nitrogens with one attached hydrogen (secondary N) is 1. The zero-order chi connectivity index (χ0) is 24.5. The summed E-state index contributed by atoms with van der Waals surface area (Å²) in [4.78, 5) is 45.3. The third-order valence-corrected chi connectivity index (χ3v) is 7.08. The number of carbonyl (C=O) groups excluding carboxylic acids is 3. The second kappa shape index (κ2) is 9.49. The molecule has 2 heterocycles. The van der Waals surface area contributed by atoms with Gasteiger partial charge in [-0.25, -0.2) is 0 Å². The highest BCUT2D eigenvalue weighted by Gasteiger charge is 2.53. The van der Waals surface area contributed by atoms with Gasteiger partial charge in [-0.3, -0.25) is 14.4 Å². The summed E-state index contributed by atoms with van der Waals surface area (Å²) in [7, 11) is 1.83. The van der Waals surface area contributed by atoms with Gasteiger partial charge in [0.1, 0.15) is 11.6 Å². The number of carbonyl (C=O) groups is 3. The fraction of sp³-hybridized carbons (Fsp3) is 0.444. The molecule has 2 fully saturated rings. The molecule has 4 rings (SSSR count). The van der Waals surface area contributed by atoms with E-state index < -0.39 is 11.6 Å². The Morgan fingerprint density at radius 1 is 1.00 bits per heavy atom. The van der Waals surface area contributed by atoms with Crippen LogP contribution in [0.15, 0.2) is 54.6 Å². The fourth-order valence-corrected chi connectivity index (χ4v) is 5.12. The zero-order valence-corrected chi connectivity index (χ0v) is 20.5.